The number of anilines is 2. The van der Waals surface area contributed by atoms with Crippen molar-refractivity contribution in [3.63, 3.8) is 0 Å². The first-order valence-corrected chi connectivity index (χ1v) is 9.24. The lowest BCUT2D eigenvalue weighted by Gasteiger charge is -2.17. The largest absolute Gasteiger partial charge is 0.336 e. The molecule has 1 atom stereocenters. The van der Waals surface area contributed by atoms with E-state index in [0.717, 1.165) is 11.4 Å². The average molecular weight is 379 g/mol. The van der Waals surface area contributed by atoms with Crippen molar-refractivity contribution >= 4 is 29.2 Å². The fourth-order valence-electron chi connectivity index (χ4n) is 3.47. The van der Waals surface area contributed by atoms with Gasteiger partial charge < -0.3 is 15.5 Å². The Bertz CT molecular complexity index is 884. The molecule has 0 radical (unpaired) electrons. The van der Waals surface area contributed by atoms with E-state index in [1.165, 1.54) is 0 Å². The van der Waals surface area contributed by atoms with E-state index in [9.17, 15) is 14.4 Å². The molecule has 28 heavy (non-hydrogen) atoms. The molecule has 4 rings (SSSR count). The summed E-state index contributed by atoms with van der Waals surface area (Å²) in [4.78, 5) is 44.1. The van der Waals surface area contributed by atoms with Crippen LogP contribution in [0.5, 0.6) is 0 Å². The molecule has 2 saturated heterocycles. The van der Waals surface area contributed by atoms with Crippen molar-refractivity contribution in [1.29, 1.82) is 0 Å². The zero-order chi connectivity index (χ0) is 19.5. The van der Waals surface area contributed by atoms with Gasteiger partial charge in [-0.3, -0.25) is 19.5 Å². The van der Waals surface area contributed by atoms with Gasteiger partial charge in [-0.2, -0.15) is 0 Å². The number of carbonyl (C=O) groups is 3. The smallest absolute Gasteiger partial charge is 0.321 e. The highest BCUT2D eigenvalue weighted by molar-refractivity contribution is 5.98. The van der Waals surface area contributed by atoms with Gasteiger partial charge in [0.15, 0.2) is 0 Å². The van der Waals surface area contributed by atoms with Crippen molar-refractivity contribution in [3.05, 3.63) is 54.4 Å². The number of aromatic nitrogens is 1. The first-order valence-electron chi connectivity index (χ1n) is 9.24. The maximum absolute atomic E-state index is 12.6. The Labute approximate surface area is 162 Å². The number of likely N-dealkylation sites (tertiary alicyclic amines) is 1. The number of rotatable bonds is 5. The lowest BCUT2D eigenvalue weighted by molar-refractivity contribution is -0.128. The maximum atomic E-state index is 12.6. The fraction of sp³-hybridized carbons (Fsp3) is 0.300. The van der Waals surface area contributed by atoms with E-state index in [2.05, 4.69) is 15.6 Å². The normalized spacial score (nSPS) is 19.1. The molecule has 1 unspecified atom stereocenters. The molecule has 2 aliphatic rings. The van der Waals surface area contributed by atoms with Gasteiger partial charge in [-0.1, -0.05) is 6.07 Å². The van der Waals surface area contributed by atoms with Gasteiger partial charge >= 0.3 is 6.03 Å². The number of hydrogen-bond donors (Lipinski definition) is 2. The molecule has 144 valence electrons. The van der Waals surface area contributed by atoms with Gasteiger partial charge in [0.05, 0.1) is 18.2 Å². The molecular formula is C20H21N5O3. The molecule has 0 bridgehead atoms. The Morgan fingerprint density at radius 3 is 2.68 bits per heavy atom. The van der Waals surface area contributed by atoms with Crippen LogP contribution in [0.25, 0.3) is 0 Å². The molecule has 2 aromatic rings. The van der Waals surface area contributed by atoms with Crippen LogP contribution in [0.2, 0.25) is 0 Å². The molecule has 1 aromatic heterocycles. The first kappa shape index (κ1) is 18.0. The van der Waals surface area contributed by atoms with Crippen LogP contribution in [0.4, 0.5) is 16.2 Å². The van der Waals surface area contributed by atoms with E-state index >= 15 is 0 Å². The molecule has 8 nitrogen and oxygen atoms in total. The summed E-state index contributed by atoms with van der Waals surface area (Å²) in [6, 6.07) is 12.6. The number of pyridine rings is 1. The Morgan fingerprint density at radius 2 is 2.00 bits per heavy atom. The lowest BCUT2D eigenvalue weighted by Crippen LogP contribution is -2.28. The number of urea groups is 1. The highest BCUT2D eigenvalue weighted by atomic mass is 16.2. The summed E-state index contributed by atoms with van der Waals surface area (Å²) in [6.45, 7) is 2.05. The summed E-state index contributed by atoms with van der Waals surface area (Å²) in [7, 11) is 0. The first-order chi connectivity index (χ1) is 13.6. The highest BCUT2D eigenvalue weighted by Gasteiger charge is 2.34. The zero-order valence-corrected chi connectivity index (χ0v) is 15.3. The van der Waals surface area contributed by atoms with Gasteiger partial charge in [0, 0.05) is 43.6 Å². The van der Waals surface area contributed by atoms with Gasteiger partial charge in [-0.05, 0) is 36.4 Å². The van der Waals surface area contributed by atoms with Crippen LogP contribution in [0.3, 0.4) is 0 Å². The highest BCUT2D eigenvalue weighted by Crippen LogP contribution is 2.23. The molecular weight excluding hydrogens is 358 g/mol. The molecule has 0 spiro atoms. The monoisotopic (exact) mass is 379 g/mol. The van der Waals surface area contributed by atoms with Crippen molar-refractivity contribution in [2.45, 2.75) is 13.0 Å². The minimum atomic E-state index is -0.389. The number of carbonyl (C=O) groups excluding carboxylic acids is 3. The molecule has 4 amide bonds. The van der Waals surface area contributed by atoms with E-state index in [1.54, 1.807) is 40.3 Å². The minimum Gasteiger partial charge on any atom is -0.336 e. The summed E-state index contributed by atoms with van der Waals surface area (Å²) in [5.41, 5.74) is 2.23. The minimum absolute atomic E-state index is 0.0406. The van der Waals surface area contributed by atoms with Crippen LogP contribution in [0.15, 0.2) is 48.7 Å². The molecule has 8 heteroatoms. The Kier molecular flexibility index (Phi) is 4.92. The molecule has 1 aromatic carbocycles. The lowest BCUT2D eigenvalue weighted by atomic mass is 10.1. The Balaban J connectivity index is 1.35. The van der Waals surface area contributed by atoms with Gasteiger partial charge in [0.25, 0.3) is 0 Å². The standard InChI is InChI=1S/C20H21N5O3/c26-18-11-14(12-24(18)13-16-3-1-2-8-21-16)19(27)23-15-4-6-17(7-5-15)25-10-9-22-20(25)28/h1-8,14H,9-13H2,(H,22,28)(H,23,27). The van der Waals surface area contributed by atoms with Gasteiger partial charge in [0.2, 0.25) is 11.8 Å². The summed E-state index contributed by atoms with van der Waals surface area (Å²) in [5, 5.41) is 5.62. The topological polar surface area (TPSA) is 94.6 Å². The van der Waals surface area contributed by atoms with Crippen molar-refractivity contribution in [1.82, 2.24) is 15.2 Å². The van der Waals surface area contributed by atoms with Gasteiger partial charge in [-0.25, -0.2) is 4.79 Å². The zero-order valence-electron chi connectivity index (χ0n) is 15.3. The van der Waals surface area contributed by atoms with E-state index in [0.29, 0.717) is 31.9 Å². The van der Waals surface area contributed by atoms with Crippen LogP contribution in [-0.4, -0.2) is 47.4 Å². The average Bonchev–Trinajstić information content (AvgIpc) is 3.29. The Hall–Kier alpha value is -3.42. The van der Waals surface area contributed by atoms with Crippen LogP contribution in [0, 0.1) is 5.92 Å². The fourth-order valence-corrected chi connectivity index (χ4v) is 3.47. The second-order valence-corrected chi connectivity index (χ2v) is 6.92. The third-order valence-corrected chi connectivity index (χ3v) is 4.97. The predicted molar refractivity (Wildman–Crippen MR) is 104 cm³/mol. The van der Waals surface area contributed by atoms with E-state index in [4.69, 9.17) is 0 Å². The SMILES string of the molecule is O=C(Nc1ccc(N2CCNC2=O)cc1)C1CC(=O)N(Cc2ccccn2)C1. The van der Waals surface area contributed by atoms with E-state index < -0.39 is 0 Å². The maximum Gasteiger partial charge on any atom is 0.321 e. The number of benzene rings is 1. The van der Waals surface area contributed by atoms with Gasteiger partial charge in [-0.15, -0.1) is 0 Å². The Morgan fingerprint density at radius 1 is 1.18 bits per heavy atom. The number of hydrogen-bond acceptors (Lipinski definition) is 4. The third-order valence-electron chi connectivity index (χ3n) is 4.97. The summed E-state index contributed by atoms with van der Waals surface area (Å²) < 4.78 is 0. The molecule has 3 heterocycles. The van der Waals surface area contributed by atoms with E-state index in [1.807, 2.05) is 18.2 Å². The predicted octanol–water partition coefficient (Wildman–Crippen LogP) is 1.60. The third kappa shape index (κ3) is 3.80. The number of amides is 4. The molecule has 2 fully saturated rings. The second kappa shape index (κ2) is 7.67. The van der Waals surface area contributed by atoms with Crippen molar-refractivity contribution < 1.29 is 14.4 Å². The van der Waals surface area contributed by atoms with E-state index in [-0.39, 0.29) is 30.2 Å². The van der Waals surface area contributed by atoms with Crippen LogP contribution < -0.4 is 15.5 Å². The number of nitrogens with zero attached hydrogens (tertiary/aromatic N) is 3. The van der Waals surface area contributed by atoms with Crippen molar-refractivity contribution in [2.24, 2.45) is 5.92 Å². The summed E-state index contributed by atoms with van der Waals surface area (Å²) in [6.07, 6.45) is 1.89. The van der Waals surface area contributed by atoms with Crippen molar-refractivity contribution in [3.8, 4) is 0 Å². The molecule has 2 N–H and O–H groups in total. The van der Waals surface area contributed by atoms with Crippen molar-refractivity contribution in [2.75, 3.05) is 29.9 Å². The van der Waals surface area contributed by atoms with Crippen LogP contribution in [0.1, 0.15) is 12.1 Å². The number of nitrogens with one attached hydrogen (secondary N) is 2. The van der Waals surface area contributed by atoms with Gasteiger partial charge in [0.1, 0.15) is 0 Å². The quantitative estimate of drug-likeness (QED) is 0.825. The summed E-state index contributed by atoms with van der Waals surface area (Å²) >= 11 is 0. The molecule has 0 saturated carbocycles. The molecule has 2 aliphatic heterocycles. The van der Waals surface area contributed by atoms with Crippen LogP contribution in [-0.2, 0) is 16.1 Å². The molecule has 0 aliphatic carbocycles. The summed E-state index contributed by atoms with van der Waals surface area (Å²) in [5.74, 6) is -0.606. The second-order valence-electron chi connectivity index (χ2n) is 6.92. The van der Waals surface area contributed by atoms with Crippen LogP contribution >= 0.6 is 0 Å².